The third-order valence-corrected chi connectivity index (χ3v) is 5.74. The second kappa shape index (κ2) is 8.90. The number of hydrazone groups is 1. The molecule has 3 rings (SSSR count). The molecule has 5 heteroatoms. The van der Waals surface area contributed by atoms with E-state index in [0.29, 0.717) is 12.0 Å². The fraction of sp³-hybridized carbons (Fsp3) is 0.440. The van der Waals surface area contributed by atoms with E-state index in [0.717, 1.165) is 23.3 Å². The van der Waals surface area contributed by atoms with Crippen LogP contribution in [0.1, 0.15) is 63.6 Å². The predicted octanol–water partition coefficient (Wildman–Crippen LogP) is 4.89. The number of carbonyl (C=O) groups is 1. The van der Waals surface area contributed by atoms with Crippen LogP contribution in [-0.2, 0) is 11.2 Å². The Kier molecular flexibility index (Phi) is 6.49. The third-order valence-electron chi connectivity index (χ3n) is 5.74. The Morgan fingerprint density at radius 3 is 2.60 bits per heavy atom. The average molecular weight is 408 g/mol. The van der Waals surface area contributed by atoms with Crippen LogP contribution in [0.3, 0.4) is 0 Å². The molecule has 0 spiro atoms. The fourth-order valence-corrected chi connectivity index (χ4v) is 4.68. The normalized spacial score (nSPS) is 17.8. The zero-order valence-electron chi connectivity index (χ0n) is 18.9. The topological polar surface area (TPSA) is 53.9 Å². The highest BCUT2D eigenvalue weighted by molar-refractivity contribution is 5.84. The van der Waals surface area contributed by atoms with Gasteiger partial charge in [0.05, 0.1) is 19.7 Å². The van der Waals surface area contributed by atoms with Gasteiger partial charge in [-0.15, -0.1) is 0 Å². The van der Waals surface area contributed by atoms with Crippen LogP contribution in [0, 0.1) is 0 Å². The number of hydrogen-bond donors (Lipinski definition) is 1. The lowest BCUT2D eigenvalue weighted by Gasteiger charge is -2.50. The highest BCUT2D eigenvalue weighted by Crippen LogP contribution is 2.44. The summed E-state index contributed by atoms with van der Waals surface area (Å²) in [7, 11) is 1.62. The summed E-state index contributed by atoms with van der Waals surface area (Å²) in [6.45, 7) is 11.4. The van der Waals surface area contributed by atoms with Crippen molar-refractivity contribution < 1.29 is 9.53 Å². The first-order valence-electron chi connectivity index (χ1n) is 10.6. The van der Waals surface area contributed by atoms with E-state index in [4.69, 9.17) is 4.74 Å². The Morgan fingerprint density at radius 1 is 1.27 bits per heavy atom. The minimum Gasteiger partial charge on any atom is -0.497 e. The summed E-state index contributed by atoms with van der Waals surface area (Å²) in [5.74, 6) is 1.11. The number of methoxy groups -OCH3 is 1. The second-order valence-electron chi connectivity index (χ2n) is 9.02. The van der Waals surface area contributed by atoms with Crippen molar-refractivity contribution in [1.82, 2.24) is 5.43 Å². The van der Waals surface area contributed by atoms with Crippen molar-refractivity contribution in [2.45, 2.75) is 65.0 Å². The summed E-state index contributed by atoms with van der Waals surface area (Å²) < 4.78 is 5.14. The van der Waals surface area contributed by atoms with Gasteiger partial charge in [-0.1, -0.05) is 25.1 Å². The van der Waals surface area contributed by atoms with Crippen LogP contribution in [0.4, 0.5) is 5.69 Å². The minimum atomic E-state index is -0.143. The Morgan fingerprint density at radius 2 is 1.97 bits per heavy atom. The van der Waals surface area contributed by atoms with Crippen LogP contribution in [0.15, 0.2) is 47.6 Å². The number of amides is 1. The van der Waals surface area contributed by atoms with E-state index >= 15 is 0 Å². The third kappa shape index (κ3) is 4.84. The molecular formula is C25H33N3O2. The standard InChI is InChI=1S/C25H33N3O2/c1-17(2)28-23-12-9-20(13-22(23)18(3)15-25(28,4)5)16-26-27-24(29)14-19-7-10-21(30-6)11-8-19/h7-13,16-18H,14-15H2,1-6H3,(H,27,29)/b26-16+/t18-/m1/s1. The van der Waals surface area contributed by atoms with Crippen molar-refractivity contribution in [1.29, 1.82) is 0 Å². The molecule has 0 saturated heterocycles. The zero-order chi connectivity index (χ0) is 21.9. The first kappa shape index (κ1) is 21.9. The van der Waals surface area contributed by atoms with Gasteiger partial charge in [-0.25, -0.2) is 5.43 Å². The largest absolute Gasteiger partial charge is 0.497 e. The Balaban J connectivity index is 1.68. The molecule has 0 saturated carbocycles. The summed E-state index contributed by atoms with van der Waals surface area (Å²) in [6.07, 6.45) is 3.11. The number of ether oxygens (including phenoxy) is 1. The number of hydrogen-bond acceptors (Lipinski definition) is 4. The van der Waals surface area contributed by atoms with Crippen LogP contribution < -0.4 is 15.1 Å². The van der Waals surface area contributed by atoms with E-state index in [1.54, 1.807) is 13.3 Å². The van der Waals surface area contributed by atoms with E-state index < -0.39 is 0 Å². The Labute approximate surface area is 180 Å². The summed E-state index contributed by atoms with van der Waals surface area (Å²) in [5, 5.41) is 4.17. The number of carbonyl (C=O) groups excluding carboxylic acids is 1. The van der Waals surface area contributed by atoms with Crippen LogP contribution in [0.5, 0.6) is 5.75 Å². The van der Waals surface area contributed by atoms with Crippen molar-refractivity contribution >= 4 is 17.8 Å². The molecule has 0 aromatic heterocycles. The molecule has 2 aromatic carbocycles. The van der Waals surface area contributed by atoms with Crippen LogP contribution >= 0.6 is 0 Å². The van der Waals surface area contributed by atoms with E-state index in [1.807, 2.05) is 24.3 Å². The predicted molar refractivity (Wildman–Crippen MR) is 124 cm³/mol. The highest BCUT2D eigenvalue weighted by Gasteiger charge is 2.37. The van der Waals surface area contributed by atoms with E-state index in [2.05, 4.69) is 68.2 Å². The van der Waals surface area contributed by atoms with Crippen molar-refractivity contribution in [2.24, 2.45) is 5.10 Å². The maximum absolute atomic E-state index is 12.2. The molecule has 1 aliphatic heterocycles. The summed E-state index contributed by atoms with van der Waals surface area (Å²) in [6, 6.07) is 14.4. The molecule has 160 valence electrons. The first-order chi connectivity index (χ1) is 14.2. The number of fused-ring (bicyclic) bond motifs is 1. The molecule has 0 fully saturated rings. The lowest BCUT2D eigenvalue weighted by Crippen LogP contribution is -2.51. The van der Waals surface area contributed by atoms with Gasteiger partial charge in [0.15, 0.2) is 0 Å². The van der Waals surface area contributed by atoms with Gasteiger partial charge in [-0.05, 0) is 81.0 Å². The monoisotopic (exact) mass is 407 g/mol. The molecule has 5 nitrogen and oxygen atoms in total. The lowest BCUT2D eigenvalue weighted by atomic mass is 9.79. The molecule has 1 amide bonds. The van der Waals surface area contributed by atoms with Gasteiger partial charge in [-0.2, -0.15) is 5.10 Å². The van der Waals surface area contributed by atoms with Crippen molar-refractivity contribution in [3.8, 4) is 5.75 Å². The van der Waals surface area contributed by atoms with E-state index in [-0.39, 0.29) is 17.9 Å². The molecule has 1 aliphatic rings. The van der Waals surface area contributed by atoms with Gasteiger partial charge in [-0.3, -0.25) is 4.79 Å². The number of nitrogens with one attached hydrogen (secondary N) is 1. The number of anilines is 1. The molecular weight excluding hydrogens is 374 g/mol. The first-order valence-corrected chi connectivity index (χ1v) is 10.6. The van der Waals surface area contributed by atoms with Gasteiger partial charge in [0, 0.05) is 17.3 Å². The number of benzene rings is 2. The zero-order valence-corrected chi connectivity index (χ0v) is 18.9. The SMILES string of the molecule is COc1ccc(CC(=O)N/N=C/c2ccc3c(c2)[C@H](C)CC(C)(C)N3C(C)C)cc1. The number of nitrogens with zero attached hydrogens (tertiary/aromatic N) is 2. The summed E-state index contributed by atoms with van der Waals surface area (Å²) in [5.41, 5.74) is 7.32. The number of rotatable bonds is 6. The smallest absolute Gasteiger partial charge is 0.244 e. The van der Waals surface area contributed by atoms with Crippen molar-refractivity contribution in [2.75, 3.05) is 12.0 Å². The summed E-state index contributed by atoms with van der Waals surface area (Å²) in [4.78, 5) is 14.7. The molecule has 0 bridgehead atoms. The van der Waals surface area contributed by atoms with Gasteiger partial charge in [0.2, 0.25) is 5.91 Å². The molecule has 1 heterocycles. The lowest BCUT2D eigenvalue weighted by molar-refractivity contribution is -0.120. The van der Waals surface area contributed by atoms with E-state index in [9.17, 15) is 4.79 Å². The molecule has 0 radical (unpaired) electrons. The highest BCUT2D eigenvalue weighted by atomic mass is 16.5. The van der Waals surface area contributed by atoms with Crippen molar-refractivity contribution in [3.63, 3.8) is 0 Å². The minimum absolute atomic E-state index is 0.131. The average Bonchev–Trinajstić information content (AvgIpc) is 2.68. The molecule has 0 aliphatic carbocycles. The maximum atomic E-state index is 12.2. The van der Waals surface area contributed by atoms with E-state index in [1.165, 1.54) is 11.3 Å². The van der Waals surface area contributed by atoms with Gasteiger partial charge in [0.25, 0.3) is 0 Å². The second-order valence-corrected chi connectivity index (χ2v) is 9.02. The molecule has 0 unspecified atom stereocenters. The molecule has 2 aromatic rings. The Bertz CT molecular complexity index is 916. The van der Waals surface area contributed by atoms with Crippen LogP contribution in [-0.4, -0.2) is 30.8 Å². The van der Waals surface area contributed by atoms with Crippen molar-refractivity contribution in [3.05, 3.63) is 59.2 Å². The maximum Gasteiger partial charge on any atom is 0.244 e. The Hall–Kier alpha value is -2.82. The molecule has 1 atom stereocenters. The van der Waals surface area contributed by atoms with Gasteiger partial charge in [0.1, 0.15) is 5.75 Å². The quantitative estimate of drug-likeness (QED) is 0.548. The van der Waals surface area contributed by atoms with Gasteiger partial charge >= 0.3 is 0 Å². The van der Waals surface area contributed by atoms with Crippen LogP contribution in [0.25, 0.3) is 0 Å². The molecule has 30 heavy (non-hydrogen) atoms. The van der Waals surface area contributed by atoms with Gasteiger partial charge < -0.3 is 9.64 Å². The summed E-state index contributed by atoms with van der Waals surface area (Å²) >= 11 is 0. The fourth-order valence-electron chi connectivity index (χ4n) is 4.68. The molecule has 1 N–H and O–H groups in total. The van der Waals surface area contributed by atoms with Crippen LogP contribution in [0.2, 0.25) is 0 Å².